The molecule has 2 heterocycles. The zero-order valence-electron chi connectivity index (χ0n) is 18.3. The number of halogens is 2. The second-order valence-electron chi connectivity index (χ2n) is 7.55. The van der Waals surface area contributed by atoms with Crippen molar-refractivity contribution in [3.63, 3.8) is 0 Å². The molecule has 0 atom stereocenters. The highest BCUT2D eigenvalue weighted by atomic mass is 35.5. The van der Waals surface area contributed by atoms with Crippen LogP contribution >= 0.6 is 11.6 Å². The Hall–Kier alpha value is -3.53. The van der Waals surface area contributed by atoms with Gasteiger partial charge in [0.15, 0.2) is 0 Å². The number of ether oxygens (including phenoxy) is 1. The molecule has 3 N–H and O–H groups in total. The van der Waals surface area contributed by atoms with Crippen molar-refractivity contribution in [2.45, 2.75) is 0 Å². The number of carbonyl (C=O) groups is 1. The van der Waals surface area contributed by atoms with E-state index >= 15 is 0 Å². The summed E-state index contributed by atoms with van der Waals surface area (Å²) >= 11 is 5.83. The number of hydrogen-bond acceptors (Lipinski definition) is 7. The molecule has 0 saturated carbocycles. The van der Waals surface area contributed by atoms with Crippen molar-refractivity contribution in [1.82, 2.24) is 14.9 Å². The summed E-state index contributed by atoms with van der Waals surface area (Å²) in [5.41, 5.74) is 1.99. The van der Waals surface area contributed by atoms with Gasteiger partial charge in [0, 0.05) is 48.8 Å². The summed E-state index contributed by atoms with van der Waals surface area (Å²) in [5, 5.41) is 9.13. The third kappa shape index (κ3) is 6.98. The number of benzene rings is 2. The third-order valence-corrected chi connectivity index (χ3v) is 5.29. The SMILES string of the molecule is O=C(C=CCN1CCOCC1)Nc1cccc(Nc2cc(Nc3ccc(F)c(Cl)c3)ncn2)c1. The fraction of sp³-hybridized carbons (Fsp3) is 0.208. The number of amides is 1. The van der Waals surface area contributed by atoms with Crippen LogP contribution in [-0.2, 0) is 9.53 Å². The highest BCUT2D eigenvalue weighted by Crippen LogP contribution is 2.24. The van der Waals surface area contributed by atoms with Gasteiger partial charge in [-0.3, -0.25) is 9.69 Å². The Labute approximate surface area is 201 Å². The lowest BCUT2D eigenvalue weighted by molar-refractivity contribution is -0.111. The van der Waals surface area contributed by atoms with E-state index in [1.807, 2.05) is 30.3 Å². The molecular weight excluding hydrogens is 459 g/mol. The van der Waals surface area contributed by atoms with E-state index in [9.17, 15) is 9.18 Å². The van der Waals surface area contributed by atoms with E-state index in [0.717, 1.165) is 32.0 Å². The maximum atomic E-state index is 13.4. The summed E-state index contributed by atoms with van der Waals surface area (Å²) in [6.45, 7) is 3.91. The van der Waals surface area contributed by atoms with Gasteiger partial charge in [-0.25, -0.2) is 14.4 Å². The number of nitrogens with zero attached hydrogens (tertiary/aromatic N) is 3. The van der Waals surface area contributed by atoms with E-state index in [4.69, 9.17) is 16.3 Å². The zero-order valence-corrected chi connectivity index (χ0v) is 19.1. The molecule has 1 fully saturated rings. The van der Waals surface area contributed by atoms with E-state index in [1.54, 1.807) is 18.2 Å². The average molecular weight is 483 g/mol. The van der Waals surface area contributed by atoms with Gasteiger partial charge in [0.25, 0.3) is 0 Å². The number of rotatable bonds is 8. The van der Waals surface area contributed by atoms with Crippen LogP contribution in [0.15, 0.2) is 67.0 Å². The standard InChI is InChI=1S/C24H24ClFN6O2/c25-20-14-19(6-7-21(20)26)30-23-15-22(27-16-28-23)29-17-3-1-4-18(13-17)31-24(33)5-2-8-32-9-11-34-12-10-32/h1-7,13-16H,8-12H2,(H,31,33)(H2,27,28,29,30). The molecule has 3 aromatic rings. The lowest BCUT2D eigenvalue weighted by Crippen LogP contribution is -2.36. The first-order valence-corrected chi connectivity index (χ1v) is 11.1. The Balaban J connectivity index is 1.34. The van der Waals surface area contributed by atoms with Crippen LogP contribution in [0.2, 0.25) is 5.02 Å². The van der Waals surface area contributed by atoms with Crippen molar-refractivity contribution in [1.29, 1.82) is 0 Å². The Morgan fingerprint density at radius 1 is 1.03 bits per heavy atom. The van der Waals surface area contributed by atoms with E-state index < -0.39 is 5.82 Å². The van der Waals surface area contributed by atoms with Crippen LogP contribution in [0.1, 0.15) is 0 Å². The van der Waals surface area contributed by atoms with Crippen LogP contribution in [0, 0.1) is 5.82 Å². The van der Waals surface area contributed by atoms with Gasteiger partial charge in [-0.15, -0.1) is 0 Å². The molecule has 2 aromatic carbocycles. The molecule has 0 bridgehead atoms. The molecule has 176 valence electrons. The number of morpholine rings is 1. The zero-order chi connectivity index (χ0) is 23.8. The maximum absolute atomic E-state index is 13.4. The number of carbonyl (C=O) groups excluding carboxylic acids is 1. The molecule has 1 saturated heterocycles. The molecule has 0 aliphatic carbocycles. The summed E-state index contributed by atoms with van der Waals surface area (Å²) in [7, 11) is 0. The summed E-state index contributed by atoms with van der Waals surface area (Å²) in [4.78, 5) is 22.9. The van der Waals surface area contributed by atoms with Crippen LogP contribution < -0.4 is 16.0 Å². The van der Waals surface area contributed by atoms with Crippen molar-refractivity contribution in [2.75, 3.05) is 48.8 Å². The lowest BCUT2D eigenvalue weighted by atomic mass is 10.2. The predicted octanol–water partition coefficient (Wildman–Crippen LogP) is 4.58. The Bertz CT molecular complexity index is 1170. The van der Waals surface area contributed by atoms with Crippen LogP contribution in [0.25, 0.3) is 0 Å². The summed E-state index contributed by atoms with van der Waals surface area (Å²) in [6, 6.07) is 13.3. The fourth-order valence-corrected chi connectivity index (χ4v) is 3.50. The van der Waals surface area contributed by atoms with Crippen molar-refractivity contribution in [2.24, 2.45) is 0 Å². The molecule has 1 amide bonds. The molecule has 4 rings (SSSR count). The molecule has 8 nitrogen and oxygen atoms in total. The first-order chi connectivity index (χ1) is 16.5. The van der Waals surface area contributed by atoms with E-state index in [0.29, 0.717) is 29.6 Å². The van der Waals surface area contributed by atoms with Crippen molar-refractivity contribution in [3.05, 3.63) is 77.9 Å². The molecule has 0 radical (unpaired) electrons. The second kappa shape index (κ2) is 11.6. The first-order valence-electron chi connectivity index (χ1n) is 10.7. The molecule has 10 heteroatoms. The first kappa shape index (κ1) is 23.6. The van der Waals surface area contributed by atoms with Gasteiger partial charge in [0.2, 0.25) is 5.91 Å². The van der Waals surface area contributed by atoms with Crippen LogP contribution in [0.3, 0.4) is 0 Å². The molecule has 1 aliphatic rings. The Morgan fingerprint density at radius 3 is 2.47 bits per heavy atom. The number of hydrogen-bond donors (Lipinski definition) is 3. The third-order valence-electron chi connectivity index (χ3n) is 5.00. The van der Waals surface area contributed by atoms with Gasteiger partial charge >= 0.3 is 0 Å². The van der Waals surface area contributed by atoms with Gasteiger partial charge in [0.05, 0.1) is 18.2 Å². The smallest absolute Gasteiger partial charge is 0.248 e. The fourth-order valence-electron chi connectivity index (χ4n) is 3.31. The monoisotopic (exact) mass is 482 g/mol. The van der Waals surface area contributed by atoms with E-state index in [-0.39, 0.29) is 10.9 Å². The molecule has 1 aromatic heterocycles. The van der Waals surface area contributed by atoms with Crippen molar-refractivity contribution in [3.8, 4) is 0 Å². The van der Waals surface area contributed by atoms with Gasteiger partial charge < -0.3 is 20.7 Å². The van der Waals surface area contributed by atoms with Gasteiger partial charge in [-0.1, -0.05) is 23.7 Å². The van der Waals surface area contributed by atoms with Crippen molar-refractivity contribution < 1.29 is 13.9 Å². The van der Waals surface area contributed by atoms with Crippen LogP contribution in [-0.4, -0.2) is 53.6 Å². The topological polar surface area (TPSA) is 91.4 Å². The molecule has 0 unspecified atom stereocenters. The quantitative estimate of drug-likeness (QED) is 0.405. The Kier molecular flexibility index (Phi) is 8.03. The highest BCUT2D eigenvalue weighted by Gasteiger charge is 2.08. The predicted molar refractivity (Wildman–Crippen MR) is 131 cm³/mol. The van der Waals surface area contributed by atoms with Crippen LogP contribution in [0.5, 0.6) is 0 Å². The van der Waals surface area contributed by atoms with Crippen LogP contribution in [0.4, 0.5) is 33.1 Å². The minimum Gasteiger partial charge on any atom is -0.379 e. The summed E-state index contributed by atoms with van der Waals surface area (Å²) < 4.78 is 18.7. The van der Waals surface area contributed by atoms with E-state index in [1.165, 1.54) is 18.5 Å². The lowest BCUT2D eigenvalue weighted by Gasteiger charge is -2.25. The molecular formula is C24H24ClFN6O2. The highest BCUT2D eigenvalue weighted by molar-refractivity contribution is 6.31. The number of aromatic nitrogens is 2. The second-order valence-corrected chi connectivity index (χ2v) is 7.96. The largest absolute Gasteiger partial charge is 0.379 e. The Morgan fingerprint density at radius 2 is 1.74 bits per heavy atom. The minimum atomic E-state index is -0.489. The minimum absolute atomic E-state index is 0.0206. The number of anilines is 5. The average Bonchev–Trinajstić information content (AvgIpc) is 2.83. The van der Waals surface area contributed by atoms with Gasteiger partial charge in [-0.2, -0.15) is 0 Å². The molecule has 34 heavy (non-hydrogen) atoms. The van der Waals surface area contributed by atoms with E-state index in [2.05, 4.69) is 30.8 Å². The summed E-state index contributed by atoms with van der Waals surface area (Å²) in [5.74, 6) is 0.364. The molecule has 0 spiro atoms. The van der Waals surface area contributed by atoms with Gasteiger partial charge in [0.1, 0.15) is 23.8 Å². The normalized spacial score (nSPS) is 14.2. The number of nitrogens with one attached hydrogen (secondary N) is 3. The summed E-state index contributed by atoms with van der Waals surface area (Å²) in [6.07, 6.45) is 4.80. The van der Waals surface area contributed by atoms with Crippen molar-refractivity contribution >= 4 is 46.2 Å². The van der Waals surface area contributed by atoms with Gasteiger partial charge in [-0.05, 0) is 36.4 Å². The maximum Gasteiger partial charge on any atom is 0.248 e. The molecule has 1 aliphatic heterocycles.